The maximum atomic E-state index is 12.9. The highest BCUT2D eigenvalue weighted by molar-refractivity contribution is 6.11. The van der Waals surface area contributed by atoms with E-state index in [9.17, 15) is 19.7 Å². The Morgan fingerprint density at radius 3 is 2.11 bits per heavy atom. The lowest BCUT2D eigenvalue weighted by Crippen LogP contribution is -2.20. The fourth-order valence-corrected chi connectivity index (χ4v) is 3.84. The topological polar surface area (TPSA) is 155 Å². The summed E-state index contributed by atoms with van der Waals surface area (Å²) < 4.78 is 4.58. The van der Waals surface area contributed by atoms with Gasteiger partial charge >= 0.3 is 5.69 Å². The third-order valence-electron chi connectivity index (χ3n) is 5.96. The Morgan fingerprint density at radius 1 is 0.917 bits per heavy atom. The maximum Gasteiger partial charge on any atom is 0.312 e. The van der Waals surface area contributed by atoms with Gasteiger partial charge in [-0.15, -0.1) is 0 Å². The van der Waals surface area contributed by atoms with E-state index in [-0.39, 0.29) is 17.1 Å². The van der Waals surface area contributed by atoms with Gasteiger partial charge in [-0.25, -0.2) is 0 Å². The van der Waals surface area contributed by atoms with Crippen molar-refractivity contribution in [2.75, 3.05) is 10.6 Å². The predicted molar refractivity (Wildman–Crippen MR) is 131 cm³/mol. The van der Waals surface area contributed by atoms with Gasteiger partial charge in [-0.1, -0.05) is 12.1 Å². The molecule has 0 radical (unpaired) electrons. The van der Waals surface area contributed by atoms with Crippen LogP contribution in [0.15, 0.2) is 36.7 Å². The Kier molecular flexibility index (Phi) is 6.38. The molecule has 0 aliphatic rings. The molecule has 0 unspecified atom stereocenters. The largest absolute Gasteiger partial charge is 0.319 e. The Morgan fingerprint density at radius 2 is 1.53 bits per heavy atom. The normalized spacial score (nSPS) is 10.9. The van der Waals surface area contributed by atoms with Crippen molar-refractivity contribution >= 4 is 28.9 Å². The van der Waals surface area contributed by atoms with E-state index >= 15 is 0 Å². The summed E-state index contributed by atoms with van der Waals surface area (Å²) >= 11 is 0. The lowest BCUT2D eigenvalue weighted by Gasteiger charge is -2.09. The lowest BCUT2D eigenvalue weighted by atomic mass is 10.1. The Hall–Kier alpha value is -4.81. The molecule has 0 saturated heterocycles. The van der Waals surface area contributed by atoms with Crippen LogP contribution in [-0.2, 0) is 20.6 Å². The zero-order valence-electron chi connectivity index (χ0n) is 20.4. The van der Waals surface area contributed by atoms with Crippen LogP contribution in [-0.4, -0.2) is 46.1 Å². The maximum absolute atomic E-state index is 12.9. The van der Waals surface area contributed by atoms with Gasteiger partial charge in [0.05, 0.1) is 40.9 Å². The molecule has 3 aromatic heterocycles. The van der Waals surface area contributed by atoms with Crippen LogP contribution in [0.4, 0.5) is 17.1 Å². The molecule has 0 aliphatic heterocycles. The molecular weight excluding hydrogens is 466 g/mol. The van der Waals surface area contributed by atoms with Crippen molar-refractivity contribution < 1.29 is 14.5 Å². The molecule has 2 N–H and O–H groups in total. The number of benzene rings is 1. The Labute approximate surface area is 205 Å². The molecule has 0 aliphatic carbocycles. The number of rotatable bonds is 7. The van der Waals surface area contributed by atoms with Gasteiger partial charge in [0.25, 0.3) is 11.8 Å². The highest BCUT2D eigenvalue weighted by Gasteiger charge is 2.23. The SMILES string of the molecule is Cc1nn(Cc2ccc(C(=O)Nc3cnn(C)c3C(=O)Nc3cnn(C)c3C)cc2)c(C)c1[N+](=O)[O-]. The van der Waals surface area contributed by atoms with E-state index in [1.165, 1.54) is 10.9 Å². The minimum atomic E-state index is -0.438. The Bertz CT molecular complexity index is 1480. The number of nitro groups is 1. The van der Waals surface area contributed by atoms with E-state index in [1.54, 1.807) is 67.8 Å². The standard InChI is InChI=1S/C23H25N9O4/c1-13-20(32(35)36)15(3)31(28-13)12-16-6-8-17(9-7-16)22(33)27-19-11-25-30(5)21(19)23(34)26-18-10-24-29(4)14(18)2/h6-11H,12H2,1-5H3,(H,26,34)(H,27,33). The minimum Gasteiger partial charge on any atom is -0.319 e. The second-order valence-electron chi connectivity index (χ2n) is 8.34. The molecule has 4 aromatic rings. The highest BCUT2D eigenvalue weighted by Crippen LogP contribution is 2.23. The fourth-order valence-electron chi connectivity index (χ4n) is 3.84. The molecule has 36 heavy (non-hydrogen) atoms. The summed E-state index contributed by atoms with van der Waals surface area (Å²) in [5.74, 6) is -0.848. The van der Waals surface area contributed by atoms with Gasteiger partial charge in [0, 0.05) is 19.7 Å². The highest BCUT2D eigenvalue weighted by atomic mass is 16.6. The molecule has 13 nitrogen and oxygen atoms in total. The first-order chi connectivity index (χ1) is 17.1. The number of aromatic nitrogens is 6. The van der Waals surface area contributed by atoms with Gasteiger partial charge in [-0.05, 0) is 38.5 Å². The monoisotopic (exact) mass is 491 g/mol. The van der Waals surface area contributed by atoms with E-state index in [0.29, 0.717) is 29.2 Å². The van der Waals surface area contributed by atoms with Crippen molar-refractivity contribution in [1.82, 2.24) is 29.3 Å². The van der Waals surface area contributed by atoms with E-state index in [4.69, 9.17) is 0 Å². The molecular formula is C23H25N9O4. The molecule has 3 heterocycles. The third-order valence-corrected chi connectivity index (χ3v) is 5.96. The fraction of sp³-hybridized carbons (Fsp3) is 0.261. The number of nitrogens with one attached hydrogen (secondary N) is 2. The molecule has 1 aromatic carbocycles. The lowest BCUT2D eigenvalue weighted by molar-refractivity contribution is -0.386. The van der Waals surface area contributed by atoms with Crippen LogP contribution in [0, 0.1) is 30.9 Å². The van der Waals surface area contributed by atoms with Crippen molar-refractivity contribution in [3.63, 3.8) is 0 Å². The van der Waals surface area contributed by atoms with Crippen molar-refractivity contribution in [3.8, 4) is 0 Å². The van der Waals surface area contributed by atoms with Gasteiger partial charge in [0.15, 0.2) is 0 Å². The number of amides is 2. The van der Waals surface area contributed by atoms with E-state index in [1.807, 2.05) is 6.92 Å². The quantitative estimate of drug-likeness (QED) is 0.297. The third kappa shape index (κ3) is 4.58. The van der Waals surface area contributed by atoms with Gasteiger partial charge in [-0.2, -0.15) is 15.3 Å². The van der Waals surface area contributed by atoms with Crippen molar-refractivity contribution in [3.05, 3.63) is 80.7 Å². The summed E-state index contributed by atoms with van der Waals surface area (Å²) in [7, 11) is 3.38. The van der Waals surface area contributed by atoms with Crippen LogP contribution in [0.5, 0.6) is 0 Å². The molecule has 0 saturated carbocycles. The molecule has 2 amide bonds. The van der Waals surface area contributed by atoms with Gasteiger partial charge in [0.2, 0.25) is 0 Å². The van der Waals surface area contributed by atoms with Crippen molar-refractivity contribution in [2.45, 2.75) is 27.3 Å². The second kappa shape index (κ2) is 9.44. The summed E-state index contributed by atoms with van der Waals surface area (Å²) in [6.07, 6.45) is 2.96. The minimum absolute atomic E-state index is 0.000924. The van der Waals surface area contributed by atoms with E-state index in [0.717, 1.165) is 11.3 Å². The summed E-state index contributed by atoms with van der Waals surface area (Å²) in [6, 6.07) is 6.78. The first-order valence-electron chi connectivity index (χ1n) is 11.0. The average molecular weight is 492 g/mol. The first kappa shape index (κ1) is 24.3. The van der Waals surface area contributed by atoms with Crippen LogP contribution in [0.25, 0.3) is 0 Å². The van der Waals surface area contributed by atoms with E-state index < -0.39 is 16.7 Å². The number of carbonyl (C=O) groups excluding carboxylic acids is 2. The van der Waals surface area contributed by atoms with Crippen LogP contribution in [0.3, 0.4) is 0 Å². The van der Waals surface area contributed by atoms with Crippen LogP contribution < -0.4 is 10.6 Å². The van der Waals surface area contributed by atoms with Crippen LogP contribution in [0.1, 0.15) is 43.5 Å². The summed E-state index contributed by atoms with van der Waals surface area (Å²) in [5.41, 5.74) is 3.80. The predicted octanol–water partition coefficient (Wildman–Crippen LogP) is 2.74. The molecule has 0 spiro atoms. The summed E-state index contributed by atoms with van der Waals surface area (Å²) in [4.78, 5) is 36.6. The smallest absolute Gasteiger partial charge is 0.312 e. The average Bonchev–Trinajstić information content (AvgIpc) is 3.44. The molecule has 4 rings (SSSR count). The van der Waals surface area contributed by atoms with Crippen LogP contribution >= 0.6 is 0 Å². The molecule has 0 fully saturated rings. The van der Waals surface area contributed by atoms with Crippen molar-refractivity contribution in [2.24, 2.45) is 14.1 Å². The number of anilines is 2. The van der Waals surface area contributed by atoms with E-state index in [2.05, 4.69) is 25.9 Å². The second-order valence-corrected chi connectivity index (χ2v) is 8.34. The van der Waals surface area contributed by atoms with Crippen molar-refractivity contribution in [1.29, 1.82) is 0 Å². The Balaban J connectivity index is 1.47. The van der Waals surface area contributed by atoms with Crippen LogP contribution in [0.2, 0.25) is 0 Å². The molecule has 13 heteroatoms. The number of aryl methyl sites for hydroxylation is 3. The molecule has 0 atom stereocenters. The van der Waals surface area contributed by atoms with Gasteiger partial charge < -0.3 is 10.6 Å². The number of carbonyl (C=O) groups is 2. The first-order valence-corrected chi connectivity index (χ1v) is 11.0. The van der Waals surface area contributed by atoms with Gasteiger partial charge in [-0.3, -0.25) is 33.7 Å². The summed E-state index contributed by atoms with van der Waals surface area (Å²) in [6.45, 7) is 5.40. The summed E-state index contributed by atoms with van der Waals surface area (Å²) in [5, 5.41) is 29.2. The zero-order valence-corrected chi connectivity index (χ0v) is 20.4. The molecule has 186 valence electrons. The zero-order chi connectivity index (χ0) is 26.1. The van der Waals surface area contributed by atoms with Gasteiger partial charge in [0.1, 0.15) is 17.1 Å². The number of hydrogen-bond donors (Lipinski definition) is 2. The molecule has 0 bridgehead atoms. The number of nitrogens with zero attached hydrogens (tertiary/aromatic N) is 7. The number of hydrogen-bond acceptors (Lipinski definition) is 7.